The van der Waals surface area contributed by atoms with Crippen LogP contribution in [0.1, 0.15) is 22.4 Å². The van der Waals surface area contributed by atoms with Crippen molar-refractivity contribution in [1.82, 2.24) is 10.1 Å². The molecule has 0 atom stereocenters. The molecule has 0 aliphatic carbocycles. The zero-order valence-corrected chi connectivity index (χ0v) is 9.46. The van der Waals surface area contributed by atoms with Gasteiger partial charge in [-0.3, -0.25) is 4.98 Å². The van der Waals surface area contributed by atoms with Crippen LogP contribution in [0.2, 0.25) is 0 Å². The Balaban J connectivity index is 2.69. The fourth-order valence-electron chi connectivity index (χ4n) is 1.71. The highest BCUT2D eigenvalue weighted by Gasteiger charge is 2.15. The predicted molar refractivity (Wildman–Crippen MR) is 58.7 cm³/mol. The highest BCUT2D eigenvalue weighted by molar-refractivity contribution is 5.68. The molecule has 0 amide bonds. The van der Waals surface area contributed by atoms with Crippen molar-refractivity contribution >= 4 is 0 Å². The fourth-order valence-corrected chi connectivity index (χ4v) is 1.71. The molecule has 0 saturated heterocycles. The Bertz CT molecular complexity index is 480. The summed E-state index contributed by atoms with van der Waals surface area (Å²) in [5, 5.41) is 3.98. The molecule has 3 nitrogen and oxygen atoms in total. The second-order valence-corrected chi connectivity index (χ2v) is 3.87. The minimum atomic E-state index is 0.866. The summed E-state index contributed by atoms with van der Waals surface area (Å²) >= 11 is 0. The Morgan fingerprint density at radius 1 is 1.00 bits per heavy atom. The molecule has 2 aromatic rings. The normalized spacial score (nSPS) is 10.7. The smallest absolute Gasteiger partial charge is 0.170 e. The second-order valence-electron chi connectivity index (χ2n) is 3.87. The van der Waals surface area contributed by atoms with E-state index in [0.29, 0.717) is 0 Å². The van der Waals surface area contributed by atoms with Crippen LogP contribution in [0, 0.1) is 27.7 Å². The molecule has 0 aliphatic rings. The van der Waals surface area contributed by atoms with Gasteiger partial charge in [-0.05, 0) is 38.8 Å². The van der Waals surface area contributed by atoms with Gasteiger partial charge in [-0.25, -0.2) is 0 Å². The molecular formula is C12H14N2O. The minimum absolute atomic E-state index is 0.866. The van der Waals surface area contributed by atoms with Crippen molar-refractivity contribution < 1.29 is 4.52 Å². The number of pyridine rings is 1. The molecule has 2 aromatic heterocycles. The molecule has 0 aromatic carbocycles. The van der Waals surface area contributed by atoms with Crippen LogP contribution in [0.25, 0.3) is 11.3 Å². The Kier molecular flexibility index (Phi) is 2.31. The summed E-state index contributed by atoms with van der Waals surface area (Å²) in [6.07, 6.45) is 3.69. The molecule has 15 heavy (non-hydrogen) atoms. The monoisotopic (exact) mass is 202 g/mol. The van der Waals surface area contributed by atoms with Gasteiger partial charge in [0.2, 0.25) is 0 Å². The van der Waals surface area contributed by atoms with E-state index in [0.717, 1.165) is 33.7 Å². The molecule has 2 heterocycles. The average Bonchev–Trinajstić information content (AvgIpc) is 2.49. The average molecular weight is 202 g/mol. The first-order chi connectivity index (χ1) is 7.11. The third-order valence-electron chi connectivity index (χ3n) is 2.71. The number of hydrogen-bond donors (Lipinski definition) is 0. The lowest BCUT2D eigenvalue weighted by Gasteiger charge is -2.05. The van der Waals surface area contributed by atoms with E-state index in [1.54, 1.807) is 0 Å². The van der Waals surface area contributed by atoms with Gasteiger partial charge in [0.15, 0.2) is 5.76 Å². The van der Waals surface area contributed by atoms with Crippen molar-refractivity contribution in [3.8, 4) is 11.3 Å². The zero-order chi connectivity index (χ0) is 11.0. The first-order valence-electron chi connectivity index (χ1n) is 4.95. The molecule has 3 heteroatoms. The molecule has 0 spiro atoms. The van der Waals surface area contributed by atoms with Crippen LogP contribution in [0.4, 0.5) is 0 Å². The van der Waals surface area contributed by atoms with Crippen LogP contribution >= 0.6 is 0 Å². The van der Waals surface area contributed by atoms with E-state index >= 15 is 0 Å². The lowest BCUT2D eigenvalue weighted by atomic mass is 10.0. The lowest BCUT2D eigenvalue weighted by Crippen LogP contribution is -1.90. The number of rotatable bonds is 1. The van der Waals surface area contributed by atoms with Gasteiger partial charge >= 0.3 is 0 Å². The van der Waals surface area contributed by atoms with Gasteiger partial charge in [0.1, 0.15) is 0 Å². The maximum absolute atomic E-state index is 5.36. The molecule has 0 unspecified atom stereocenters. The van der Waals surface area contributed by atoms with Crippen LogP contribution in [0.5, 0.6) is 0 Å². The van der Waals surface area contributed by atoms with E-state index in [2.05, 4.69) is 10.1 Å². The summed E-state index contributed by atoms with van der Waals surface area (Å²) in [6, 6.07) is 0. The zero-order valence-electron chi connectivity index (χ0n) is 9.46. The number of hydrogen-bond acceptors (Lipinski definition) is 3. The molecular weight excluding hydrogens is 188 g/mol. The molecule has 0 bridgehead atoms. The summed E-state index contributed by atoms with van der Waals surface area (Å²) in [5.41, 5.74) is 5.40. The molecule has 78 valence electrons. The van der Waals surface area contributed by atoms with Crippen molar-refractivity contribution in [3.05, 3.63) is 34.8 Å². The van der Waals surface area contributed by atoms with E-state index in [1.807, 2.05) is 40.1 Å². The van der Waals surface area contributed by atoms with Gasteiger partial charge in [-0.2, -0.15) is 0 Å². The van der Waals surface area contributed by atoms with Gasteiger partial charge in [-0.1, -0.05) is 5.16 Å². The number of aromatic nitrogens is 2. The maximum atomic E-state index is 5.36. The summed E-state index contributed by atoms with van der Waals surface area (Å²) in [7, 11) is 0. The third-order valence-corrected chi connectivity index (χ3v) is 2.71. The standard InChI is InChI=1S/C12H14N2O/c1-7-5-13-6-8(2)11(7)12-9(3)10(4)14-15-12/h5-6H,1-4H3. The first kappa shape index (κ1) is 9.90. The van der Waals surface area contributed by atoms with Gasteiger partial charge in [0, 0.05) is 23.5 Å². The fraction of sp³-hybridized carbons (Fsp3) is 0.333. The molecule has 0 fully saturated rings. The molecule has 2 rings (SSSR count). The molecule has 0 radical (unpaired) electrons. The maximum Gasteiger partial charge on any atom is 0.170 e. The molecule has 0 aliphatic heterocycles. The van der Waals surface area contributed by atoms with Crippen LogP contribution in [0.15, 0.2) is 16.9 Å². The highest BCUT2D eigenvalue weighted by Crippen LogP contribution is 2.30. The summed E-state index contributed by atoms with van der Waals surface area (Å²) in [4.78, 5) is 4.14. The van der Waals surface area contributed by atoms with E-state index in [1.165, 1.54) is 0 Å². The van der Waals surface area contributed by atoms with E-state index in [9.17, 15) is 0 Å². The first-order valence-corrected chi connectivity index (χ1v) is 4.95. The predicted octanol–water partition coefficient (Wildman–Crippen LogP) is 2.97. The van der Waals surface area contributed by atoms with Crippen molar-refractivity contribution in [2.45, 2.75) is 27.7 Å². The molecule has 0 saturated carbocycles. The Hall–Kier alpha value is -1.64. The van der Waals surface area contributed by atoms with Crippen molar-refractivity contribution in [2.75, 3.05) is 0 Å². The van der Waals surface area contributed by atoms with E-state index in [4.69, 9.17) is 4.52 Å². The summed E-state index contributed by atoms with van der Waals surface area (Å²) in [6.45, 7) is 8.05. The van der Waals surface area contributed by atoms with Gasteiger partial charge in [0.25, 0.3) is 0 Å². The number of nitrogens with zero attached hydrogens (tertiary/aromatic N) is 2. The van der Waals surface area contributed by atoms with Gasteiger partial charge in [-0.15, -0.1) is 0 Å². The van der Waals surface area contributed by atoms with Gasteiger partial charge < -0.3 is 4.52 Å². The van der Waals surface area contributed by atoms with E-state index < -0.39 is 0 Å². The summed E-state index contributed by atoms with van der Waals surface area (Å²) in [5.74, 6) is 0.866. The largest absolute Gasteiger partial charge is 0.356 e. The quantitative estimate of drug-likeness (QED) is 0.713. The number of aryl methyl sites for hydroxylation is 3. The van der Waals surface area contributed by atoms with Crippen LogP contribution < -0.4 is 0 Å². The Morgan fingerprint density at radius 2 is 1.60 bits per heavy atom. The van der Waals surface area contributed by atoms with Crippen molar-refractivity contribution in [1.29, 1.82) is 0 Å². The topological polar surface area (TPSA) is 38.9 Å². The second kappa shape index (κ2) is 3.50. The van der Waals surface area contributed by atoms with E-state index in [-0.39, 0.29) is 0 Å². The van der Waals surface area contributed by atoms with Crippen molar-refractivity contribution in [3.63, 3.8) is 0 Å². The summed E-state index contributed by atoms with van der Waals surface area (Å²) < 4.78 is 5.36. The third kappa shape index (κ3) is 1.54. The Morgan fingerprint density at radius 3 is 2.07 bits per heavy atom. The van der Waals surface area contributed by atoms with Crippen LogP contribution in [-0.2, 0) is 0 Å². The Labute approximate surface area is 89.1 Å². The lowest BCUT2D eigenvalue weighted by molar-refractivity contribution is 0.426. The van der Waals surface area contributed by atoms with Crippen LogP contribution in [-0.4, -0.2) is 10.1 Å². The van der Waals surface area contributed by atoms with Crippen LogP contribution in [0.3, 0.4) is 0 Å². The minimum Gasteiger partial charge on any atom is -0.356 e. The van der Waals surface area contributed by atoms with Gasteiger partial charge in [0.05, 0.1) is 5.69 Å². The van der Waals surface area contributed by atoms with Crippen molar-refractivity contribution in [2.24, 2.45) is 0 Å². The highest BCUT2D eigenvalue weighted by atomic mass is 16.5. The SMILES string of the molecule is Cc1cncc(C)c1-c1onc(C)c1C. The molecule has 0 N–H and O–H groups in total.